The SMILES string of the molecule is COc1ccc(Nc2oc(-c3cccc(Cl)c3)nc2S(=O)(=O)c2ccc3c(c2)OCCO3)cc1. The molecule has 1 aromatic heterocycles. The van der Waals surface area contributed by atoms with Crippen LogP contribution in [0.1, 0.15) is 0 Å². The predicted octanol–water partition coefficient (Wildman–Crippen LogP) is 5.35. The van der Waals surface area contributed by atoms with E-state index in [0.717, 1.165) is 0 Å². The Kier molecular flexibility index (Phi) is 5.80. The van der Waals surface area contributed by atoms with Gasteiger partial charge in [0, 0.05) is 22.3 Å². The van der Waals surface area contributed by atoms with Crippen LogP contribution in [0.4, 0.5) is 11.6 Å². The quantitative estimate of drug-likeness (QED) is 0.379. The zero-order valence-corrected chi connectivity index (χ0v) is 19.5. The van der Waals surface area contributed by atoms with Gasteiger partial charge in [-0.2, -0.15) is 4.98 Å². The van der Waals surface area contributed by atoms with Crippen molar-refractivity contribution in [2.45, 2.75) is 9.92 Å². The molecule has 8 nitrogen and oxygen atoms in total. The zero-order valence-electron chi connectivity index (χ0n) is 17.9. The van der Waals surface area contributed by atoms with E-state index in [9.17, 15) is 8.42 Å². The van der Waals surface area contributed by atoms with E-state index in [-0.39, 0.29) is 21.7 Å². The predicted molar refractivity (Wildman–Crippen MR) is 126 cm³/mol. The summed E-state index contributed by atoms with van der Waals surface area (Å²) < 4.78 is 49.4. The first-order valence-corrected chi connectivity index (χ1v) is 12.1. The Hall–Kier alpha value is -3.69. The summed E-state index contributed by atoms with van der Waals surface area (Å²) in [7, 11) is -2.53. The van der Waals surface area contributed by atoms with Gasteiger partial charge >= 0.3 is 0 Å². The number of sulfone groups is 1. The minimum absolute atomic E-state index is 0.000440. The van der Waals surface area contributed by atoms with Gasteiger partial charge in [-0.15, -0.1) is 0 Å². The third-order valence-electron chi connectivity index (χ3n) is 5.09. The Morgan fingerprint density at radius 1 is 0.971 bits per heavy atom. The summed E-state index contributed by atoms with van der Waals surface area (Å²) in [6, 6.07) is 18.2. The average Bonchev–Trinajstić information content (AvgIpc) is 3.29. The van der Waals surface area contributed by atoms with E-state index in [0.29, 0.717) is 46.7 Å². The molecule has 1 N–H and O–H groups in total. The third kappa shape index (κ3) is 4.27. The standard InChI is InChI=1S/C24H19ClN2O6S/c1-30-18-7-5-17(6-8-18)26-23-24(27-22(33-23)15-3-2-4-16(25)13-15)34(28,29)19-9-10-20-21(14-19)32-12-11-31-20/h2-10,13-14,26H,11-12H2,1H3. The maximum atomic E-state index is 13.6. The Labute approximate surface area is 201 Å². The highest BCUT2D eigenvalue weighted by Gasteiger charge is 2.30. The highest BCUT2D eigenvalue weighted by Crippen LogP contribution is 2.38. The molecule has 0 saturated heterocycles. The smallest absolute Gasteiger partial charge is 0.238 e. The van der Waals surface area contributed by atoms with Crippen molar-refractivity contribution >= 4 is 33.0 Å². The highest BCUT2D eigenvalue weighted by molar-refractivity contribution is 7.91. The van der Waals surface area contributed by atoms with E-state index < -0.39 is 9.84 Å². The van der Waals surface area contributed by atoms with Crippen LogP contribution in [0.2, 0.25) is 5.02 Å². The van der Waals surface area contributed by atoms with E-state index in [4.69, 9.17) is 30.2 Å². The van der Waals surface area contributed by atoms with E-state index in [2.05, 4.69) is 10.3 Å². The van der Waals surface area contributed by atoms with Crippen molar-refractivity contribution < 1.29 is 27.0 Å². The number of ether oxygens (including phenoxy) is 3. The fourth-order valence-corrected chi connectivity index (χ4v) is 4.88. The van der Waals surface area contributed by atoms with E-state index in [1.165, 1.54) is 12.1 Å². The summed E-state index contributed by atoms with van der Waals surface area (Å²) in [4.78, 5) is 4.34. The summed E-state index contributed by atoms with van der Waals surface area (Å²) >= 11 is 6.11. The van der Waals surface area contributed by atoms with Crippen molar-refractivity contribution in [1.82, 2.24) is 4.98 Å². The number of nitrogens with zero attached hydrogens (tertiary/aromatic N) is 1. The maximum Gasteiger partial charge on any atom is 0.238 e. The number of rotatable bonds is 6. The zero-order chi connectivity index (χ0) is 23.7. The molecule has 0 saturated carbocycles. The molecule has 0 unspecified atom stereocenters. The number of anilines is 2. The first kappa shape index (κ1) is 22.1. The van der Waals surface area contributed by atoms with Crippen LogP contribution in [-0.2, 0) is 9.84 Å². The lowest BCUT2D eigenvalue weighted by Crippen LogP contribution is -2.16. The first-order chi connectivity index (χ1) is 16.4. The number of hydrogen-bond acceptors (Lipinski definition) is 8. The van der Waals surface area contributed by atoms with Crippen LogP contribution < -0.4 is 19.5 Å². The van der Waals surface area contributed by atoms with E-state index >= 15 is 0 Å². The number of aromatic nitrogens is 1. The van der Waals surface area contributed by atoms with Gasteiger partial charge in [0.25, 0.3) is 0 Å². The van der Waals surface area contributed by atoms with Crippen LogP contribution in [-0.4, -0.2) is 33.7 Å². The van der Waals surface area contributed by atoms with Crippen molar-refractivity contribution in [3.63, 3.8) is 0 Å². The normalized spacial score (nSPS) is 12.9. The minimum atomic E-state index is -4.09. The van der Waals surface area contributed by atoms with Crippen molar-refractivity contribution in [1.29, 1.82) is 0 Å². The Bertz CT molecular complexity index is 1450. The molecule has 0 fully saturated rings. The van der Waals surface area contributed by atoms with Gasteiger partial charge in [-0.3, -0.25) is 0 Å². The first-order valence-electron chi connectivity index (χ1n) is 10.3. The monoisotopic (exact) mass is 498 g/mol. The molecule has 4 aromatic rings. The molecule has 0 bridgehead atoms. The molecule has 1 aliphatic heterocycles. The van der Waals surface area contributed by atoms with Crippen molar-refractivity contribution in [3.05, 3.63) is 71.8 Å². The van der Waals surface area contributed by atoms with Gasteiger partial charge < -0.3 is 23.9 Å². The average molecular weight is 499 g/mol. The number of hydrogen-bond donors (Lipinski definition) is 1. The van der Waals surface area contributed by atoms with Crippen LogP contribution >= 0.6 is 11.6 Å². The summed E-state index contributed by atoms with van der Waals surface area (Å²) in [6.45, 7) is 0.741. The molecular weight excluding hydrogens is 480 g/mol. The molecule has 2 heterocycles. The van der Waals surface area contributed by atoms with Crippen molar-refractivity contribution in [3.8, 4) is 28.7 Å². The van der Waals surface area contributed by atoms with Gasteiger partial charge in [0.1, 0.15) is 19.0 Å². The Balaban J connectivity index is 1.60. The van der Waals surface area contributed by atoms with Crippen LogP contribution in [0.15, 0.2) is 81.1 Å². The van der Waals surface area contributed by atoms with E-state index in [1.54, 1.807) is 61.7 Å². The fourth-order valence-electron chi connectivity index (χ4n) is 3.42. The van der Waals surface area contributed by atoms with Crippen LogP contribution in [0.5, 0.6) is 17.2 Å². The van der Waals surface area contributed by atoms with E-state index in [1.807, 2.05) is 0 Å². The Morgan fingerprint density at radius 2 is 1.74 bits per heavy atom. The van der Waals surface area contributed by atoms with Crippen molar-refractivity contribution in [2.24, 2.45) is 0 Å². The molecular formula is C24H19ClN2O6S. The summed E-state index contributed by atoms with van der Waals surface area (Å²) in [5, 5.41) is 3.21. The Morgan fingerprint density at radius 3 is 2.47 bits per heavy atom. The number of fused-ring (bicyclic) bond motifs is 1. The molecule has 10 heteroatoms. The molecule has 1 aliphatic rings. The number of methoxy groups -OCH3 is 1. The molecule has 0 amide bonds. The summed E-state index contributed by atoms with van der Waals surface area (Å²) in [5.74, 6) is 1.58. The second kappa shape index (κ2) is 8.92. The van der Waals surface area contributed by atoms with Crippen LogP contribution in [0.25, 0.3) is 11.5 Å². The fraction of sp³-hybridized carbons (Fsp3) is 0.125. The third-order valence-corrected chi connectivity index (χ3v) is 6.99. The summed E-state index contributed by atoms with van der Waals surface area (Å²) in [5.41, 5.74) is 1.13. The lowest BCUT2D eigenvalue weighted by atomic mass is 10.2. The molecule has 34 heavy (non-hydrogen) atoms. The van der Waals surface area contributed by atoms with Gasteiger partial charge in [-0.25, -0.2) is 8.42 Å². The van der Waals surface area contributed by atoms with Gasteiger partial charge in [-0.05, 0) is 54.6 Å². The minimum Gasteiger partial charge on any atom is -0.497 e. The molecule has 0 radical (unpaired) electrons. The second-order valence-corrected chi connectivity index (χ2v) is 9.63. The van der Waals surface area contributed by atoms with Gasteiger partial charge in [0.05, 0.1) is 12.0 Å². The molecule has 0 spiro atoms. The maximum absolute atomic E-state index is 13.6. The number of oxazole rings is 1. The molecule has 3 aromatic carbocycles. The van der Waals surface area contributed by atoms with Gasteiger partial charge in [0.2, 0.25) is 26.6 Å². The van der Waals surface area contributed by atoms with Gasteiger partial charge in [-0.1, -0.05) is 17.7 Å². The van der Waals surface area contributed by atoms with Crippen LogP contribution in [0, 0.1) is 0 Å². The lowest BCUT2D eigenvalue weighted by Gasteiger charge is -2.18. The molecule has 174 valence electrons. The largest absolute Gasteiger partial charge is 0.497 e. The topological polar surface area (TPSA) is 99.9 Å². The highest BCUT2D eigenvalue weighted by atomic mass is 35.5. The molecule has 0 atom stereocenters. The number of halogens is 1. The van der Waals surface area contributed by atoms with Gasteiger partial charge in [0.15, 0.2) is 11.5 Å². The van der Waals surface area contributed by atoms with Crippen molar-refractivity contribution in [2.75, 3.05) is 25.6 Å². The second-order valence-electron chi connectivity index (χ2n) is 7.33. The van der Waals surface area contributed by atoms with Crippen LogP contribution in [0.3, 0.4) is 0 Å². The summed E-state index contributed by atoms with van der Waals surface area (Å²) in [6.07, 6.45) is 0. The molecule has 0 aliphatic carbocycles. The number of nitrogens with one attached hydrogen (secondary N) is 1. The number of benzene rings is 3. The lowest BCUT2D eigenvalue weighted by molar-refractivity contribution is 0.171. The molecule has 5 rings (SSSR count).